The van der Waals surface area contributed by atoms with Crippen LogP contribution in [0.1, 0.15) is 158 Å². The molecule has 4 heterocycles. The van der Waals surface area contributed by atoms with Crippen LogP contribution in [0.3, 0.4) is 0 Å². The molecule has 0 fully saturated rings. The standard InChI is InChI=1S/C79H80N5O2.Pt/c1-74(2,3)50-34-35-81-69(44-50)84-67-33-32-60-59-26-23-27-64(80-19)72(59)86-73(60)70(67)61-31-30-58(46-68(61)84)85-57-25-22-24-56(45-57)82-47-83(66-29-21-20-28-65(66)82)71-62(48-36-51(75(4,5)6)40-52(37-48)76(7,8)9)42-55(79(16,17)18)43-63(71)49-38-53(77(10,11)12)41-54(39-49)78(13,14)15;/h20-44,47H,1-18H3;/q-3;. The second kappa shape index (κ2) is 21.4. The average Bonchev–Trinajstić information content (AvgIpc) is 1.63. The van der Waals surface area contributed by atoms with Gasteiger partial charge in [-0.25, -0.2) is 9.83 Å². The minimum absolute atomic E-state index is 0. The molecule has 7 nitrogen and oxygen atoms in total. The van der Waals surface area contributed by atoms with Gasteiger partial charge in [-0.05, 0) is 131 Å². The molecule has 0 aliphatic carbocycles. The number of fused-ring (bicyclic) bond motifs is 8. The normalized spacial score (nSPS) is 13.4. The molecular formula is C79H80N5O2Pt-3. The number of hydrogen-bond acceptors (Lipinski definition) is 5. The van der Waals surface area contributed by atoms with E-state index in [2.05, 4.69) is 272 Å². The zero-order valence-electron chi connectivity index (χ0n) is 53.9. The number of hydrogen-bond donors (Lipinski definition) is 0. The third kappa shape index (κ3) is 11.2. The van der Waals surface area contributed by atoms with Crippen molar-refractivity contribution in [2.24, 2.45) is 0 Å². The minimum atomic E-state index is -0.170. The van der Waals surface area contributed by atoms with Crippen LogP contribution in [0, 0.1) is 25.4 Å². The summed E-state index contributed by atoms with van der Waals surface area (Å²) >= 11 is 0. The molecule has 0 N–H and O–H groups in total. The van der Waals surface area contributed by atoms with Gasteiger partial charge in [0.15, 0.2) is 0 Å². The van der Waals surface area contributed by atoms with Crippen LogP contribution in [-0.4, -0.2) is 9.55 Å². The first-order chi connectivity index (χ1) is 40.3. The van der Waals surface area contributed by atoms with E-state index in [0.717, 1.165) is 66.7 Å². The molecule has 0 radical (unpaired) electrons. The largest absolute Gasteiger partial charge is 0.509 e. The van der Waals surface area contributed by atoms with Crippen molar-refractivity contribution in [2.45, 2.75) is 157 Å². The van der Waals surface area contributed by atoms with Gasteiger partial charge in [0.25, 0.3) is 0 Å². The maximum absolute atomic E-state index is 7.94. The maximum atomic E-state index is 7.94. The number of furan rings is 1. The van der Waals surface area contributed by atoms with Crippen molar-refractivity contribution in [2.75, 3.05) is 9.80 Å². The van der Waals surface area contributed by atoms with Gasteiger partial charge in [-0.1, -0.05) is 202 Å². The zero-order chi connectivity index (χ0) is 61.4. The van der Waals surface area contributed by atoms with Gasteiger partial charge < -0.3 is 23.5 Å². The number of anilines is 4. The molecule has 8 aromatic carbocycles. The molecule has 8 heteroatoms. The van der Waals surface area contributed by atoms with Crippen LogP contribution in [-0.2, 0) is 53.6 Å². The number of pyridine rings is 1. The van der Waals surface area contributed by atoms with E-state index in [1.54, 1.807) is 0 Å². The van der Waals surface area contributed by atoms with Crippen molar-refractivity contribution in [1.82, 2.24) is 9.55 Å². The van der Waals surface area contributed by atoms with E-state index >= 15 is 0 Å². The summed E-state index contributed by atoms with van der Waals surface area (Å²) in [6.45, 7) is 51.8. The SMILES string of the molecule is [C-]#[N+]c1cccc2c1oc1c2ccc2c1c1ccc(Oc3[c-]c(N4[CH-]N(c5c(-c6cc(C(C)(C)C)cc(C(C)(C)C)c6)cc(C(C)(C)C)cc5-c5cc(C(C)(C)C)cc(C(C)(C)C)c5)c5ccccc54)ccc3)[c-]c1n2-c1cc(C(C)(C)C)ccn1.[Pt]. The van der Waals surface area contributed by atoms with Gasteiger partial charge in [-0.2, -0.15) is 12.1 Å². The molecule has 0 spiro atoms. The monoisotopic (exact) mass is 1330 g/mol. The minimum Gasteiger partial charge on any atom is -0.509 e. The quantitative estimate of drug-likeness (QED) is 0.149. The Kier molecular flexibility index (Phi) is 15.0. The van der Waals surface area contributed by atoms with Gasteiger partial charge in [0.2, 0.25) is 5.69 Å². The molecule has 0 saturated heterocycles. The summed E-state index contributed by atoms with van der Waals surface area (Å²) < 4.78 is 15.8. The van der Waals surface area contributed by atoms with Crippen LogP contribution in [0.4, 0.5) is 28.4 Å². The third-order valence-electron chi connectivity index (χ3n) is 17.3. The first kappa shape index (κ1) is 60.8. The van der Waals surface area contributed by atoms with Gasteiger partial charge in [0.1, 0.15) is 17.0 Å². The first-order valence-corrected chi connectivity index (χ1v) is 30.3. The summed E-state index contributed by atoms with van der Waals surface area (Å²) in [5.74, 6) is 1.83. The van der Waals surface area contributed by atoms with E-state index in [4.69, 9.17) is 20.7 Å². The number of rotatable bonds is 7. The second-order valence-electron chi connectivity index (χ2n) is 29.9. The van der Waals surface area contributed by atoms with Crippen molar-refractivity contribution >= 4 is 72.2 Å². The maximum Gasteiger partial charge on any atom is 0.229 e. The van der Waals surface area contributed by atoms with Crippen molar-refractivity contribution in [3.05, 3.63) is 215 Å². The molecular weight excluding hydrogens is 1250 g/mol. The Bertz CT molecular complexity index is 4400. The molecule has 1 aliphatic heterocycles. The van der Waals surface area contributed by atoms with E-state index in [0.29, 0.717) is 28.4 Å². The Morgan fingerprint density at radius 3 is 1.54 bits per heavy atom. The fourth-order valence-electron chi connectivity index (χ4n) is 11.9. The van der Waals surface area contributed by atoms with E-state index in [1.807, 2.05) is 42.6 Å². The number of benzene rings is 8. The Balaban J connectivity index is 0.00000784. The summed E-state index contributed by atoms with van der Waals surface area (Å²) in [6, 6.07) is 60.1. The van der Waals surface area contributed by atoms with Crippen LogP contribution >= 0.6 is 0 Å². The predicted molar refractivity (Wildman–Crippen MR) is 361 cm³/mol. The number of para-hydroxylation sites is 3. The smallest absolute Gasteiger partial charge is 0.229 e. The molecule has 0 unspecified atom stereocenters. The summed E-state index contributed by atoms with van der Waals surface area (Å²) in [5.41, 5.74) is 19.2. The van der Waals surface area contributed by atoms with Crippen LogP contribution in [0.25, 0.3) is 76.7 Å². The Morgan fingerprint density at radius 1 is 0.483 bits per heavy atom. The van der Waals surface area contributed by atoms with Crippen LogP contribution in [0.2, 0.25) is 0 Å². The summed E-state index contributed by atoms with van der Waals surface area (Å²) in [5, 5.41) is 3.70. The molecule has 3 aromatic heterocycles. The van der Waals surface area contributed by atoms with Gasteiger partial charge in [-0.3, -0.25) is 0 Å². The topological polar surface area (TPSA) is 51.0 Å². The molecule has 11 aromatic rings. The molecule has 87 heavy (non-hydrogen) atoms. The van der Waals surface area contributed by atoms with Crippen molar-refractivity contribution < 1.29 is 30.2 Å². The van der Waals surface area contributed by atoms with Crippen LogP contribution in [0.15, 0.2) is 156 Å². The summed E-state index contributed by atoms with van der Waals surface area (Å²) in [6.07, 6.45) is 1.88. The Labute approximate surface area is 530 Å². The van der Waals surface area contributed by atoms with Crippen LogP contribution < -0.4 is 14.5 Å². The fraction of sp³-hybridized carbons (Fsp3) is 0.304. The molecule has 1 aliphatic rings. The predicted octanol–water partition coefficient (Wildman–Crippen LogP) is 22.5. The molecule has 0 saturated carbocycles. The van der Waals surface area contributed by atoms with Crippen molar-refractivity contribution in [3.8, 4) is 39.6 Å². The third-order valence-corrected chi connectivity index (χ3v) is 17.3. The van der Waals surface area contributed by atoms with Gasteiger partial charge >= 0.3 is 0 Å². The molecule has 0 bridgehead atoms. The van der Waals surface area contributed by atoms with Crippen LogP contribution in [0.5, 0.6) is 11.5 Å². The van der Waals surface area contributed by atoms with E-state index in [-0.39, 0.29) is 53.6 Å². The van der Waals surface area contributed by atoms with E-state index in [9.17, 15) is 0 Å². The van der Waals surface area contributed by atoms with E-state index < -0.39 is 0 Å². The van der Waals surface area contributed by atoms with E-state index in [1.165, 1.54) is 50.1 Å². The number of aromatic nitrogens is 2. The van der Waals surface area contributed by atoms with Gasteiger partial charge in [-0.15, -0.1) is 42.7 Å². The zero-order valence-corrected chi connectivity index (χ0v) is 56.2. The Morgan fingerprint density at radius 2 is 0.989 bits per heavy atom. The molecule has 446 valence electrons. The van der Waals surface area contributed by atoms with Crippen molar-refractivity contribution in [3.63, 3.8) is 0 Å². The summed E-state index contributed by atoms with van der Waals surface area (Å²) in [7, 11) is 0. The first-order valence-electron chi connectivity index (χ1n) is 30.3. The van der Waals surface area contributed by atoms with Gasteiger partial charge in [0, 0.05) is 83.2 Å². The fourth-order valence-corrected chi connectivity index (χ4v) is 11.9. The van der Waals surface area contributed by atoms with Gasteiger partial charge in [0.05, 0.1) is 6.57 Å². The molecule has 12 rings (SSSR count). The second-order valence-corrected chi connectivity index (χ2v) is 29.9. The summed E-state index contributed by atoms with van der Waals surface area (Å²) in [4.78, 5) is 13.5. The molecule has 0 atom stereocenters. The molecule has 0 amide bonds. The van der Waals surface area contributed by atoms with Crippen molar-refractivity contribution in [1.29, 1.82) is 0 Å². The average molecular weight is 1330 g/mol. The number of ether oxygens (including phenoxy) is 1. The number of nitrogens with zero attached hydrogens (tertiary/aromatic N) is 5. The Hall–Kier alpha value is -7.91.